The van der Waals surface area contributed by atoms with Crippen molar-refractivity contribution in [2.45, 2.75) is 18.9 Å². The molecule has 32 heavy (non-hydrogen) atoms. The maximum Gasteiger partial charge on any atom is 0.411 e. The SMILES string of the molecule is C[C@H](NC(=O)c1c(NC(=O)OCC2c3ccccc3-c3ccccc32)cnn1C)C(=O)O. The number of anilines is 1. The normalized spacial score (nSPS) is 13.1. The molecular weight excluding hydrogens is 412 g/mol. The summed E-state index contributed by atoms with van der Waals surface area (Å²) in [4.78, 5) is 36.0. The van der Waals surface area contributed by atoms with Crippen molar-refractivity contribution in [1.29, 1.82) is 0 Å². The molecule has 9 nitrogen and oxygen atoms in total. The van der Waals surface area contributed by atoms with Gasteiger partial charge in [-0.15, -0.1) is 0 Å². The number of amides is 2. The lowest BCUT2D eigenvalue weighted by molar-refractivity contribution is -0.138. The van der Waals surface area contributed by atoms with Gasteiger partial charge in [-0.3, -0.25) is 19.6 Å². The highest BCUT2D eigenvalue weighted by molar-refractivity contribution is 6.02. The lowest BCUT2D eigenvalue weighted by atomic mass is 9.98. The van der Waals surface area contributed by atoms with Crippen LogP contribution in [-0.4, -0.2) is 45.5 Å². The third kappa shape index (κ3) is 3.92. The molecule has 0 spiro atoms. The zero-order chi connectivity index (χ0) is 22.8. The minimum atomic E-state index is -1.17. The van der Waals surface area contributed by atoms with E-state index in [1.165, 1.54) is 24.9 Å². The van der Waals surface area contributed by atoms with E-state index in [0.29, 0.717) is 0 Å². The van der Waals surface area contributed by atoms with Crippen LogP contribution in [0.25, 0.3) is 11.1 Å². The van der Waals surface area contributed by atoms with Crippen molar-refractivity contribution in [3.8, 4) is 11.1 Å². The second kappa shape index (κ2) is 8.54. The van der Waals surface area contributed by atoms with E-state index in [0.717, 1.165) is 22.3 Å². The maximum absolute atomic E-state index is 12.5. The van der Waals surface area contributed by atoms with Gasteiger partial charge in [0.2, 0.25) is 0 Å². The smallest absolute Gasteiger partial charge is 0.411 e. The van der Waals surface area contributed by atoms with Crippen molar-refractivity contribution in [2.24, 2.45) is 7.05 Å². The minimum absolute atomic E-state index is 0.0200. The first-order valence-electron chi connectivity index (χ1n) is 10.0. The molecule has 0 bridgehead atoms. The van der Waals surface area contributed by atoms with E-state index < -0.39 is 24.0 Å². The number of rotatable bonds is 6. The van der Waals surface area contributed by atoms with Gasteiger partial charge in [0.05, 0.1) is 11.9 Å². The number of aromatic nitrogens is 2. The number of carbonyl (C=O) groups is 3. The quantitative estimate of drug-likeness (QED) is 0.548. The Hall–Kier alpha value is -4.14. The molecule has 0 unspecified atom stereocenters. The number of carbonyl (C=O) groups excluding carboxylic acids is 2. The zero-order valence-electron chi connectivity index (χ0n) is 17.5. The lowest BCUT2D eigenvalue weighted by Gasteiger charge is -2.15. The summed E-state index contributed by atoms with van der Waals surface area (Å²) in [6.07, 6.45) is 0.571. The average molecular weight is 434 g/mol. The zero-order valence-corrected chi connectivity index (χ0v) is 17.5. The van der Waals surface area contributed by atoms with Crippen LogP contribution in [0.15, 0.2) is 54.7 Å². The van der Waals surface area contributed by atoms with Gasteiger partial charge in [-0.05, 0) is 29.2 Å². The van der Waals surface area contributed by atoms with Gasteiger partial charge < -0.3 is 15.2 Å². The summed E-state index contributed by atoms with van der Waals surface area (Å²) in [5.41, 5.74) is 4.56. The van der Waals surface area contributed by atoms with Crippen molar-refractivity contribution < 1.29 is 24.2 Å². The number of hydrogen-bond donors (Lipinski definition) is 3. The number of fused-ring (bicyclic) bond motifs is 3. The molecule has 164 valence electrons. The number of aryl methyl sites for hydroxylation is 1. The molecule has 0 saturated carbocycles. The number of nitrogens with one attached hydrogen (secondary N) is 2. The van der Waals surface area contributed by atoms with E-state index in [2.05, 4.69) is 15.7 Å². The van der Waals surface area contributed by atoms with Crippen molar-refractivity contribution in [2.75, 3.05) is 11.9 Å². The Labute approximate surface area is 184 Å². The van der Waals surface area contributed by atoms with E-state index in [9.17, 15) is 14.4 Å². The van der Waals surface area contributed by atoms with Gasteiger partial charge in [0.25, 0.3) is 5.91 Å². The van der Waals surface area contributed by atoms with Gasteiger partial charge in [0, 0.05) is 13.0 Å². The van der Waals surface area contributed by atoms with Crippen LogP contribution in [0, 0.1) is 0 Å². The molecule has 2 amide bonds. The summed E-state index contributed by atoms with van der Waals surface area (Å²) in [5.74, 6) is -1.94. The van der Waals surface area contributed by atoms with E-state index in [4.69, 9.17) is 9.84 Å². The highest BCUT2D eigenvalue weighted by Crippen LogP contribution is 2.44. The molecule has 3 N–H and O–H groups in total. The van der Waals surface area contributed by atoms with Gasteiger partial charge in [0.1, 0.15) is 18.3 Å². The molecule has 0 radical (unpaired) electrons. The number of nitrogens with zero attached hydrogens (tertiary/aromatic N) is 2. The Morgan fingerprint density at radius 3 is 2.28 bits per heavy atom. The molecule has 9 heteroatoms. The fourth-order valence-electron chi connectivity index (χ4n) is 3.87. The molecule has 2 aromatic carbocycles. The number of benzene rings is 2. The van der Waals surface area contributed by atoms with Crippen molar-refractivity contribution in [3.05, 3.63) is 71.5 Å². The topological polar surface area (TPSA) is 123 Å². The molecule has 1 aromatic heterocycles. The first-order chi connectivity index (χ1) is 15.4. The van der Waals surface area contributed by atoms with E-state index in [-0.39, 0.29) is 23.9 Å². The Kier molecular flexibility index (Phi) is 5.63. The van der Waals surface area contributed by atoms with E-state index in [1.807, 2.05) is 48.5 Å². The molecule has 1 aliphatic rings. The fraction of sp³-hybridized carbons (Fsp3) is 0.217. The van der Waals surface area contributed by atoms with Gasteiger partial charge >= 0.3 is 12.1 Å². The average Bonchev–Trinajstić information content (AvgIpc) is 3.29. The van der Waals surface area contributed by atoms with Crippen LogP contribution in [0.2, 0.25) is 0 Å². The summed E-state index contributed by atoms with van der Waals surface area (Å²) < 4.78 is 6.75. The van der Waals surface area contributed by atoms with Gasteiger partial charge in [0.15, 0.2) is 0 Å². The summed E-state index contributed by atoms with van der Waals surface area (Å²) in [7, 11) is 1.52. The number of aliphatic carboxylic acids is 1. The van der Waals surface area contributed by atoms with E-state index in [1.54, 1.807) is 0 Å². The van der Waals surface area contributed by atoms with Gasteiger partial charge in [-0.2, -0.15) is 5.10 Å². The van der Waals surface area contributed by atoms with Crippen LogP contribution in [0.5, 0.6) is 0 Å². The molecule has 3 aromatic rings. The first kappa shape index (κ1) is 21.1. The van der Waals surface area contributed by atoms with Gasteiger partial charge in [-0.25, -0.2) is 4.79 Å². The van der Waals surface area contributed by atoms with Crippen molar-refractivity contribution >= 4 is 23.7 Å². The second-order valence-corrected chi connectivity index (χ2v) is 7.51. The standard InChI is InChI=1S/C23H22N4O5/c1-13(22(29)30)25-21(28)20-19(11-24-27(20)2)26-23(31)32-12-18-16-9-5-3-7-14(16)15-8-4-6-10-17(15)18/h3-11,13,18H,12H2,1-2H3,(H,25,28)(H,26,31)(H,29,30)/t13-/m0/s1. The third-order valence-electron chi connectivity index (χ3n) is 5.45. The molecule has 1 aliphatic carbocycles. The molecular formula is C23H22N4O5. The van der Waals surface area contributed by atoms with Crippen LogP contribution in [0.1, 0.15) is 34.5 Å². The number of carboxylic acid groups (broad SMARTS) is 1. The van der Waals surface area contributed by atoms with Crippen LogP contribution >= 0.6 is 0 Å². The summed E-state index contributed by atoms with van der Waals surface area (Å²) in [6, 6.07) is 14.9. The van der Waals surface area contributed by atoms with Crippen LogP contribution in [-0.2, 0) is 16.6 Å². The van der Waals surface area contributed by atoms with E-state index >= 15 is 0 Å². The predicted octanol–water partition coefficient (Wildman–Crippen LogP) is 2.98. The largest absolute Gasteiger partial charge is 0.480 e. The first-order valence-corrected chi connectivity index (χ1v) is 10.0. The summed E-state index contributed by atoms with van der Waals surface area (Å²) in [5, 5.41) is 17.9. The highest BCUT2D eigenvalue weighted by atomic mass is 16.5. The Bertz CT molecular complexity index is 1160. The highest BCUT2D eigenvalue weighted by Gasteiger charge is 2.29. The van der Waals surface area contributed by atoms with Crippen LogP contribution in [0.3, 0.4) is 0 Å². The fourth-order valence-corrected chi connectivity index (χ4v) is 3.87. The predicted molar refractivity (Wildman–Crippen MR) is 116 cm³/mol. The van der Waals surface area contributed by atoms with Crippen LogP contribution in [0.4, 0.5) is 10.5 Å². The molecule has 4 rings (SSSR count). The Balaban J connectivity index is 1.46. The summed E-state index contributed by atoms with van der Waals surface area (Å²) >= 11 is 0. The Morgan fingerprint density at radius 1 is 1.09 bits per heavy atom. The monoisotopic (exact) mass is 434 g/mol. The van der Waals surface area contributed by atoms with Crippen LogP contribution < -0.4 is 10.6 Å². The Morgan fingerprint density at radius 2 is 1.69 bits per heavy atom. The number of hydrogen-bond acceptors (Lipinski definition) is 5. The molecule has 1 heterocycles. The second-order valence-electron chi connectivity index (χ2n) is 7.51. The maximum atomic E-state index is 12.5. The van der Waals surface area contributed by atoms with Gasteiger partial charge in [-0.1, -0.05) is 48.5 Å². The third-order valence-corrected chi connectivity index (χ3v) is 5.45. The number of ether oxygens (including phenoxy) is 1. The minimum Gasteiger partial charge on any atom is -0.480 e. The van der Waals surface area contributed by atoms with Crippen molar-refractivity contribution in [1.82, 2.24) is 15.1 Å². The molecule has 0 saturated heterocycles. The molecule has 1 atom stereocenters. The lowest BCUT2D eigenvalue weighted by Crippen LogP contribution is -2.39. The molecule has 0 aliphatic heterocycles. The summed E-state index contributed by atoms with van der Waals surface area (Å²) in [6.45, 7) is 1.47. The molecule has 0 fully saturated rings. The number of carboxylic acids is 1. The van der Waals surface area contributed by atoms with Crippen molar-refractivity contribution in [3.63, 3.8) is 0 Å².